The minimum absolute atomic E-state index is 0.154. The number of hydrogen-bond donors (Lipinski definition) is 1. The van der Waals surface area contributed by atoms with Gasteiger partial charge in [-0.1, -0.05) is 6.58 Å². The van der Waals surface area contributed by atoms with Gasteiger partial charge in [0.2, 0.25) is 0 Å². The predicted octanol–water partition coefficient (Wildman–Crippen LogP) is 1.29. The lowest BCUT2D eigenvalue weighted by Gasteiger charge is -2.15. The third-order valence-corrected chi connectivity index (χ3v) is 0.861. The molecule has 0 saturated carbocycles. The first kappa shape index (κ1) is 5.75. The van der Waals surface area contributed by atoms with E-state index in [0.29, 0.717) is 0 Å². The standard InChI is InChI=1S/C6H7NO2/c1-2-7-5-6(8)3-4-9-7/h2-5,8H,1H2. The summed E-state index contributed by atoms with van der Waals surface area (Å²) in [7, 11) is 0. The van der Waals surface area contributed by atoms with Crippen LogP contribution in [0.2, 0.25) is 0 Å². The fourth-order valence-corrected chi connectivity index (χ4v) is 0.470. The third-order valence-electron chi connectivity index (χ3n) is 0.861. The molecule has 0 saturated heterocycles. The second-order valence-corrected chi connectivity index (χ2v) is 1.50. The van der Waals surface area contributed by atoms with Crippen molar-refractivity contribution in [1.29, 1.82) is 0 Å². The van der Waals surface area contributed by atoms with E-state index in [0.717, 1.165) is 0 Å². The first-order chi connectivity index (χ1) is 4.33. The average molecular weight is 125 g/mol. The van der Waals surface area contributed by atoms with Crippen LogP contribution in [0.15, 0.2) is 37.1 Å². The quantitative estimate of drug-likeness (QED) is 0.573. The van der Waals surface area contributed by atoms with Crippen molar-refractivity contribution in [3.63, 3.8) is 0 Å². The number of rotatable bonds is 1. The van der Waals surface area contributed by atoms with E-state index in [-0.39, 0.29) is 5.76 Å². The van der Waals surface area contributed by atoms with Crippen LogP contribution < -0.4 is 0 Å². The Labute approximate surface area is 53.1 Å². The maximum Gasteiger partial charge on any atom is 0.138 e. The van der Waals surface area contributed by atoms with Crippen LogP contribution in [-0.4, -0.2) is 10.2 Å². The third kappa shape index (κ3) is 1.25. The minimum atomic E-state index is 0.154. The summed E-state index contributed by atoms with van der Waals surface area (Å²) in [6, 6.07) is 0. The van der Waals surface area contributed by atoms with Gasteiger partial charge in [-0.05, 0) is 0 Å². The van der Waals surface area contributed by atoms with Crippen molar-refractivity contribution >= 4 is 0 Å². The molecule has 0 aromatic heterocycles. The Morgan fingerprint density at radius 1 is 1.78 bits per heavy atom. The lowest BCUT2D eigenvalue weighted by Crippen LogP contribution is -2.09. The normalized spacial score (nSPS) is 16.4. The second-order valence-electron chi connectivity index (χ2n) is 1.50. The Kier molecular flexibility index (Phi) is 1.44. The van der Waals surface area contributed by atoms with Gasteiger partial charge in [0.05, 0.1) is 6.20 Å². The molecule has 0 amide bonds. The Bertz CT molecular complexity index is 172. The van der Waals surface area contributed by atoms with E-state index in [2.05, 4.69) is 6.58 Å². The molecule has 0 atom stereocenters. The molecule has 48 valence electrons. The van der Waals surface area contributed by atoms with Crippen molar-refractivity contribution in [3.05, 3.63) is 37.1 Å². The van der Waals surface area contributed by atoms with Gasteiger partial charge >= 0.3 is 0 Å². The molecule has 0 aromatic rings. The lowest BCUT2D eigenvalue weighted by atomic mass is 10.5. The van der Waals surface area contributed by atoms with Gasteiger partial charge in [0.1, 0.15) is 12.0 Å². The summed E-state index contributed by atoms with van der Waals surface area (Å²) in [5.74, 6) is 0.154. The Balaban J connectivity index is 2.65. The van der Waals surface area contributed by atoms with E-state index >= 15 is 0 Å². The van der Waals surface area contributed by atoms with Crippen molar-refractivity contribution in [2.45, 2.75) is 0 Å². The van der Waals surface area contributed by atoms with Gasteiger partial charge in [-0.15, -0.1) is 0 Å². The summed E-state index contributed by atoms with van der Waals surface area (Å²) in [5, 5.41) is 10.1. The van der Waals surface area contributed by atoms with Crippen molar-refractivity contribution in [1.82, 2.24) is 5.06 Å². The van der Waals surface area contributed by atoms with E-state index in [1.165, 1.54) is 29.8 Å². The van der Waals surface area contributed by atoms with Crippen LogP contribution in [0.25, 0.3) is 0 Å². The van der Waals surface area contributed by atoms with Crippen LogP contribution in [-0.2, 0) is 4.84 Å². The number of aliphatic hydroxyl groups is 1. The monoisotopic (exact) mass is 125 g/mol. The first-order valence-electron chi connectivity index (χ1n) is 2.48. The fraction of sp³-hybridized carbons (Fsp3) is 0. The van der Waals surface area contributed by atoms with Gasteiger partial charge in [0.15, 0.2) is 0 Å². The van der Waals surface area contributed by atoms with Gasteiger partial charge in [-0.2, -0.15) is 5.06 Å². The summed E-state index contributed by atoms with van der Waals surface area (Å²) < 4.78 is 0. The molecule has 1 aliphatic heterocycles. The topological polar surface area (TPSA) is 32.7 Å². The molecule has 1 rings (SSSR count). The molecule has 3 heteroatoms. The van der Waals surface area contributed by atoms with Crippen LogP contribution in [0.1, 0.15) is 0 Å². The highest BCUT2D eigenvalue weighted by Gasteiger charge is 1.98. The Hall–Kier alpha value is -1.38. The lowest BCUT2D eigenvalue weighted by molar-refractivity contribution is -0.0166. The molecule has 0 radical (unpaired) electrons. The molecular formula is C6H7NO2. The molecule has 0 unspecified atom stereocenters. The van der Waals surface area contributed by atoms with Crippen molar-refractivity contribution in [2.24, 2.45) is 0 Å². The molecular weight excluding hydrogens is 118 g/mol. The maximum atomic E-state index is 8.82. The molecule has 0 aromatic carbocycles. The SMILES string of the molecule is C=CN1C=C(O)C=CO1. The number of nitrogens with zero attached hydrogens (tertiary/aromatic N) is 1. The number of hydrogen-bond acceptors (Lipinski definition) is 3. The average Bonchev–Trinajstić information content (AvgIpc) is 1.88. The van der Waals surface area contributed by atoms with Gasteiger partial charge in [-0.3, -0.25) is 0 Å². The highest BCUT2D eigenvalue weighted by atomic mass is 16.7. The van der Waals surface area contributed by atoms with E-state index < -0.39 is 0 Å². The van der Waals surface area contributed by atoms with E-state index in [9.17, 15) is 0 Å². The van der Waals surface area contributed by atoms with Gasteiger partial charge in [0, 0.05) is 12.3 Å². The zero-order valence-electron chi connectivity index (χ0n) is 4.82. The molecule has 9 heavy (non-hydrogen) atoms. The van der Waals surface area contributed by atoms with Gasteiger partial charge < -0.3 is 9.94 Å². The number of allylic oxidation sites excluding steroid dienone is 1. The van der Waals surface area contributed by atoms with E-state index in [4.69, 9.17) is 9.94 Å². The van der Waals surface area contributed by atoms with Crippen molar-refractivity contribution in [3.8, 4) is 0 Å². The maximum absolute atomic E-state index is 8.82. The first-order valence-corrected chi connectivity index (χ1v) is 2.48. The van der Waals surface area contributed by atoms with Crippen LogP contribution in [0.4, 0.5) is 0 Å². The van der Waals surface area contributed by atoms with E-state index in [1.54, 1.807) is 0 Å². The second kappa shape index (κ2) is 2.26. The summed E-state index contributed by atoms with van der Waals surface area (Å²) in [6.07, 6.45) is 5.67. The largest absolute Gasteiger partial charge is 0.506 e. The van der Waals surface area contributed by atoms with Crippen LogP contribution in [0.5, 0.6) is 0 Å². The minimum Gasteiger partial charge on any atom is -0.506 e. The van der Waals surface area contributed by atoms with Crippen LogP contribution in [0, 0.1) is 0 Å². The van der Waals surface area contributed by atoms with Crippen molar-refractivity contribution in [2.75, 3.05) is 0 Å². The Morgan fingerprint density at radius 3 is 3.00 bits per heavy atom. The zero-order valence-corrected chi connectivity index (χ0v) is 4.82. The molecule has 0 bridgehead atoms. The molecule has 1 heterocycles. The smallest absolute Gasteiger partial charge is 0.138 e. The summed E-state index contributed by atoms with van der Waals surface area (Å²) >= 11 is 0. The highest BCUT2D eigenvalue weighted by Crippen LogP contribution is 2.04. The highest BCUT2D eigenvalue weighted by molar-refractivity contribution is 5.10. The van der Waals surface area contributed by atoms with Crippen LogP contribution in [0.3, 0.4) is 0 Å². The van der Waals surface area contributed by atoms with Crippen LogP contribution >= 0.6 is 0 Å². The molecule has 1 N–H and O–H groups in total. The summed E-state index contributed by atoms with van der Waals surface area (Å²) in [6.45, 7) is 3.43. The summed E-state index contributed by atoms with van der Waals surface area (Å²) in [5.41, 5.74) is 0. The Morgan fingerprint density at radius 2 is 2.56 bits per heavy atom. The predicted molar refractivity (Wildman–Crippen MR) is 33.0 cm³/mol. The molecule has 3 nitrogen and oxygen atoms in total. The fourth-order valence-electron chi connectivity index (χ4n) is 0.470. The number of aliphatic hydroxyl groups excluding tert-OH is 1. The molecule has 0 aliphatic carbocycles. The zero-order chi connectivity index (χ0) is 6.69. The summed E-state index contributed by atoms with van der Waals surface area (Å²) in [4.78, 5) is 4.80. The van der Waals surface area contributed by atoms with Crippen molar-refractivity contribution < 1.29 is 9.94 Å². The number of hydroxylamine groups is 2. The van der Waals surface area contributed by atoms with E-state index in [1.807, 2.05) is 0 Å². The molecule has 0 spiro atoms. The van der Waals surface area contributed by atoms with Gasteiger partial charge in [0.25, 0.3) is 0 Å². The van der Waals surface area contributed by atoms with Gasteiger partial charge in [-0.25, -0.2) is 0 Å². The molecule has 0 fully saturated rings. The molecule has 1 aliphatic rings.